The summed E-state index contributed by atoms with van der Waals surface area (Å²) in [6.07, 6.45) is 0. The Bertz CT molecular complexity index is 2960. The maximum atomic E-state index is 14.6. The van der Waals surface area contributed by atoms with Crippen molar-refractivity contribution >= 4 is 73.6 Å². The zero-order valence-corrected chi connectivity index (χ0v) is 37.3. The lowest BCUT2D eigenvalue weighted by molar-refractivity contribution is -0.141. The summed E-state index contributed by atoms with van der Waals surface area (Å²) >= 11 is 0. The molecule has 2 aliphatic rings. The van der Waals surface area contributed by atoms with E-state index in [4.69, 9.17) is 44.0 Å². The number of anilines is 4. The van der Waals surface area contributed by atoms with E-state index in [9.17, 15) is 37.5 Å². The maximum Gasteiger partial charge on any atom is 0.336 e. The molecule has 67 heavy (non-hydrogen) atoms. The van der Waals surface area contributed by atoms with Crippen LogP contribution in [0.15, 0.2) is 106 Å². The van der Waals surface area contributed by atoms with Gasteiger partial charge in [-0.25, -0.2) is 13.2 Å². The van der Waals surface area contributed by atoms with Crippen molar-refractivity contribution in [2.24, 2.45) is 0 Å². The van der Waals surface area contributed by atoms with Crippen LogP contribution in [-0.2, 0) is 48.1 Å². The minimum Gasteiger partial charge on any atom is -0.488 e. The number of hydrogen-bond acceptors (Lipinski definition) is 18. The largest absolute Gasteiger partial charge is 0.488 e. The minimum absolute atomic E-state index is 0.0503. The number of sulfonamides is 1. The number of rotatable bonds is 20. The third-order valence-electron chi connectivity index (χ3n) is 10.1. The molecule has 20 nitrogen and oxygen atoms in total. The first kappa shape index (κ1) is 48.1. The van der Waals surface area contributed by atoms with Crippen molar-refractivity contribution in [1.82, 2.24) is 0 Å². The first-order chi connectivity index (χ1) is 32.1. The van der Waals surface area contributed by atoms with E-state index in [2.05, 4.69) is 4.72 Å². The Hall–Kier alpha value is -8.33. The van der Waals surface area contributed by atoms with E-state index in [1.54, 1.807) is 54.6 Å². The van der Waals surface area contributed by atoms with Crippen LogP contribution in [0.2, 0.25) is 0 Å². The molecule has 21 heteroatoms. The van der Waals surface area contributed by atoms with Gasteiger partial charge >= 0.3 is 29.8 Å². The second-order valence-electron chi connectivity index (χ2n) is 14.4. The Morgan fingerprint density at radius 3 is 1.82 bits per heavy atom. The predicted molar refractivity (Wildman–Crippen MR) is 243 cm³/mol. The number of nitrogens with two attached hydrogens (primary N) is 1. The van der Waals surface area contributed by atoms with Gasteiger partial charge in [0.05, 0.1) is 56.4 Å². The van der Waals surface area contributed by atoms with E-state index in [0.29, 0.717) is 16.6 Å². The van der Waals surface area contributed by atoms with Crippen LogP contribution in [0.25, 0.3) is 33.4 Å². The summed E-state index contributed by atoms with van der Waals surface area (Å²) in [7, 11) is -0.0308. The van der Waals surface area contributed by atoms with Crippen LogP contribution in [0.3, 0.4) is 0 Å². The number of nitrogens with zero attached hydrogens (tertiary/aromatic N) is 2. The van der Waals surface area contributed by atoms with Crippen LogP contribution in [0, 0.1) is 5.41 Å². The summed E-state index contributed by atoms with van der Waals surface area (Å²) < 4.78 is 69.4. The number of carboxylic acids is 1. The number of nitrogens with one attached hydrogen (secondary N) is 2. The summed E-state index contributed by atoms with van der Waals surface area (Å²) in [5.41, 5.74) is 7.58. The highest BCUT2D eigenvalue weighted by atomic mass is 32.2. The van der Waals surface area contributed by atoms with Crippen LogP contribution in [0.4, 0.5) is 22.7 Å². The highest BCUT2D eigenvalue weighted by Gasteiger charge is 2.31. The molecule has 0 amide bonds. The van der Waals surface area contributed by atoms with Crippen molar-refractivity contribution in [3.8, 4) is 33.9 Å². The molecule has 5 N–H and O–H groups in total. The molecule has 0 atom stereocenters. The summed E-state index contributed by atoms with van der Waals surface area (Å²) in [5.74, 6) is -4.03. The molecule has 4 aromatic rings. The van der Waals surface area contributed by atoms with Crippen LogP contribution in [0.1, 0.15) is 10.4 Å². The molecule has 0 fully saturated rings. The van der Waals surface area contributed by atoms with Crippen LogP contribution in [0.5, 0.6) is 11.5 Å². The number of carboxylic acid groups (broad SMARTS) is 1. The molecular formula is C46H45N5O15S. The van der Waals surface area contributed by atoms with Crippen LogP contribution in [-0.4, -0.2) is 111 Å². The van der Waals surface area contributed by atoms with Crippen molar-refractivity contribution in [3.63, 3.8) is 0 Å². The van der Waals surface area contributed by atoms with Crippen molar-refractivity contribution in [2.45, 2.75) is 4.90 Å². The second-order valence-corrected chi connectivity index (χ2v) is 16.0. The number of aromatic carboxylic acids is 1. The highest BCUT2D eigenvalue weighted by molar-refractivity contribution is 7.92. The van der Waals surface area contributed by atoms with Gasteiger partial charge in [0, 0.05) is 34.3 Å². The van der Waals surface area contributed by atoms with Gasteiger partial charge < -0.3 is 53.5 Å². The van der Waals surface area contributed by atoms with Crippen LogP contribution >= 0.6 is 0 Å². The number of esters is 4. The molecular weight excluding hydrogens is 895 g/mol. The molecule has 1 aliphatic carbocycles. The fourth-order valence-corrected chi connectivity index (χ4v) is 8.32. The Morgan fingerprint density at radius 2 is 1.22 bits per heavy atom. The lowest BCUT2D eigenvalue weighted by Crippen LogP contribution is -2.36. The number of methoxy groups -OCH3 is 4. The van der Waals surface area contributed by atoms with E-state index in [1.165, 1.54) is 66.5 Å². The topological polar surface area (TPSA) is 277 Å². The molecule has 0 saturated heterocycles. The molecule has 6 rings (SSSR count). The first-order valence-corrected chi connectivity index (χ1v) is 21.5. The van der Waals surface area contributed by atoms with Gasteiger partial charge in [0.25, 0.3) is 10.0 Å². The number of nitrogen functional groups attached to an aromatic ring is 1. The number of carbonyl (C=O) groups excluding carboxylic acids is 4. The van der Waals surface area contributed by atoms with Gasteiger partial charge in [-0.1, -0.05) is 30.3 Å². The number of ether oxygens (including phenoxy) is 6. The fraction of sp³-hybridized carbons (Fsp3) is 0.217. The van der Waals surface area contributed by atoms with Gasteiger partial charge in [-0.3, -0.25) is 29.3 Å². The van der Waals surface area contributed by atoms with E-state index >= 15 is 0 Å². The van der Waals surface area contributed by atoms with E-state index in [-0.39, 0.29) is 82.9 Å². The average Bonchev–Trinajstić information content (AvgIpc) is 3.31. The second kappa shape index (κ2) is 21.1. The Balaban J connectivity index is 1.39. The highest BCUT2D eigenvalue weighted by Crippen LogP contribution is 2.44. The lowest BCUT2D eigenvalue weighted by Gasteiger charge is -2.26. The summed E-state index contributed by atoms with van der Waals surface area (Å²) in [4.78, 5) is 64.2. The van der Waals surface area contributed by atoms with Gasteiger partial charge in [0.1, 0.15) is 56.5 Å². The predicted octanol–water partition coefficient (Wildman–Crippen LogP) is 4.53. The van der Waals surface area contributed by atoms with E-state index in [1.807, 2.05) is 0 Å². The molecule has 0 bridgehead atoms. The molecule has 4 aromatic carbocycles. The van der Waals surface area contributed by atoms with Gasteiger partial charge in [-0.2, -0.15) is 0 Å². The molecule has 1 heterocycles. The minimum atomic E-state index is -4.76. The monoisotopic (exact) mass is 939 g/mol. The Morgan fingerprint density at radius 1 is 0.672 bits per heavy atom. The van der Waals surface area contributed by atoms with Gasteiger partial charge in [-0.05, 0) is 60.2 Å². The molecule has 0 unspecified atom stereocenters. The quantitative estimate of drug-likeness (QED) is 0.0269. The van der Waals surface area contributed by atoms with Gasteiger partial charge in [-0.15, -0.1) is 0 Å². The smallest absolute Gasteiger partial charge is 0.336 e. The number of hydrogen-bond donors (Lipinski definition) is 4. The zero-order chi connectivity index (χ0) is 48.4. The summed E-state index contributed by atoms with van der Waals surface area (Å²) in [6, 6.07) is 24.1. The SMILES string of the molecule is COC(=O)CN(CC(=O)OC)c1ccccc1OCCOc1cc(NS(=O)(=O)c2c3oc4cc(N)ccc4c(-c4ccccc4C(=O)O)c-3ccc2=N)ccc1N(CC(=O)OC)CC(=O)OC. The molecule has 0 saturated carbocycles. The van der Waals surface area contributed by atoms with E-state index < -0.39 is 63.2 Å². The maximum absolute atomic E-state index is 14.6. The number of benzene rings is 5. The Labute approximate surface area is 383 Å². The number of para-hydroxylation sites is 2. The van der Waals surface area contributed by atoms with Crippen molar-refractivity contribution in [3.05, 3.63) is 108 Å². The number of fused-ring (bicyclic) bond motifs is 2. The van der Waals surface area contributed by atoms with Crippen molar-refractivity contribution in [1.29, 1.82) is 5.41 Å². The molecule has 0 spiro atoms. The average molecular weight is 940 g/mol. The third-order valence-corrected chi connectivity index (χ3v) is 11.6. The molecule has 350 valence electrons. The zero-order valence-electron chi connectivity index (χ0n) is 36.5. The fourth-order valence-electron chi connectivity index (χ4n) is 7.03. The first-order valence-electron chi connectivity index (χ1n) is 20.0. The summed E-state index contributed by atoms with van der Waals surface area (Å²) in [5, 5.41) is 18.9. The standard InChI is InChI=1S/C46H45N5O15S/c1-60-39(52)23-50(24-40(53)61-2)34-11-7-8-12-36(34)64-19-20-65-38-22-28(14-18-35(38)51(25-41(54)62-3)26-42(55)63-4)49-67(58,59)45-33(48)17-16-32-43(29-9-5-6-10-30(29)46(56)57)31-15-13-27(47)21-37(31)66-44(32)45/h5-18,21-22,48-49H,19-20,23-26,47H2,1-4H3,(H,56,57). The molecule has 0 radical (unpaired) electrons. The van der Waals surface area contributed by atoms with E-state index in [0.717, 1.165) is 14.2 Å². The van der Waals surface area contributed by atoms with Gasteiger partial charge in [0.2, 0.25) is 0 Å². The number of carbonyl (C=O) groups is 5. The summed E-state index contributed by atoms with van der Waals surface area (Å²) in [6.45, 7) is -1.95. The lowest BCUT2D eigenvalue weighted by atomic mass is 9.90. The molecule has 1 aliphatic heterocycles. The van der Waals surface area contributed by atoms with Gasteiger partial charge in [0.15, 0.2) is 10.7 Å². The third kappa shape index (κ3) is 11.1. The molecule has 0 aromatic heterocycles. The van der Waals surface area contributed by atoms with Crippen molar-refractivity contribution in [2.75, 3.05) is 88.1 Å². The Kier molecular flexibility index (Phi) is 15.2. The van der Waals surface area contributed by atoms with Crippen molar-refractivity contribution < 1.29 is 70.3 Å². The van der Waals surface area contributed by atoms with Crippen LogP contribution < -0.4 is 35.1 Å². The normalized spacial score (nSPS) is 11.0.